The van der Waals surface area contributed by atoms with Crippen molar-refractivity contribution in [1.29, 1.82) is 0 Å². The maximum atomic E-state index is 13.4. The Morgan fingerprint density at radius 2 is 0.530 bits per heavy atom. The van der Waals surface area contributed by atoms with E-state index >= 15 is 0 Å². The molecule has 0 spiro atoms. The van der Waals surface area contributed by atoms with Gasteiger partial charge in [-0.05, 0) is 248 Å². The van der Waals surface area contributed by atoms with E-state index in [0.29, 0.717) is 56.4 Å². The molecule has 0 amide bonds. The van der Waals surface area contributed by atoms with Crippen LogP contribution in [0.25, 0.3) is 0 Å². The van der Waals surface area contributed by atoms with Crippen molar-refractivity contribution in [1.82, 2.24) is 0 Å². The largest absolute Gasteiger partial charge is 0.295 e. The van der Waals surface area contributed by atoms with Gasteiger partial charge < -0.3 is 0 Å². The normalized spacial score (nSPS) is 21.9. The molecule has 9 aliphatic carbocycles. The van der Waals surface area contributed by atoms with E-state index in [1.165, 1.54) is 216 Å². The van der Waals surface area contributed by atoms with Crippen LogP contribution in [0.2, 0.25) is 0 Å². The lowest BCUT2D eigenvalue weighted by atomic mass is 9.70. The van der Waals surface area contributed by atoms with Crippen LogP contribution in [0, 0.1) is 0 Å². The molecule has 4 aromatic rings. The van der Waals surface area contributed by atoms with Crippen molar-refractivity contribution >= 4 is 40.5 Å². The molecule has 12 nitrogen and oxygen atoms in total. The fraction of sp³-hybridized carbons (Fsp3) is 0.714. The topological polar surface area (TPSA) is 217 Å². The Labute approximate surface area is 605 Å². The van der Waals surface area contributed by atoms with E-state index in [1.54, 1.807) is 18.2 Å². The first-order valence-electron chi connectivity index (χ1n) is 40.4. The molecule has 4 N–H and O–H groups in total. The number of hydrogen-bond donors (Lipinski definition) is 4. The van der Waals surface area contributed by atoms with Crippen molar-refractivity contribution in [2.45, 2.75) is 401 Å². The molecule has 0 unspecified atom stereocenters. The second-order valence-electron chi connectivity index (χ2n) is 33.0. The summed E-state index contributed by atoms with van der Waals surface area (Å²) < 4.78 is 139. The Kier molecular flexibility index (Phi) is 29.0. The Morgan fingerprint density at radius 3 is 0.820 bits per heavy atom. The maximum absolute atomic E-state index is 13.4. The molecule has 100 heavy (non-hydrogen) atoms. The SMILES string of the molecule is CC(C)c1cccc(C(C)C)c1S(=O)(=O)O.O=S(=O)(O)c1c(C2CCCCC2)c(C2CCCCC2)cc(C2CCCCC2)c1C1CCCCC1.O=S(=O)(O)c1c(C2CCCCC2)cc(C2CCCCC2)cc1C1CCCCC1.O=S(=O)(O)c1cc(C2CCCCC2)ccc1C1CCCCC1. The lowest BCUT2D eigenvalue weighted by Gasteiger charge is -2.37. The summed E-state index contributed by atoms with van der Waals surface area (Å²) in [6.07, 6.45) is 53.2. The van der Waals surface area contributed by atoms with Gasteiger partial charge in [-0.1, -0.05) is 250 Å². The van der Waals surface area contributed by atoms with Crippen LogP contribution in [-0.2, 0) is 40.5 Å². The standard InChI is InChI=1S/C30H46O3S.C24H36O3S.C18H26O3S.C12H18O3S/c31-34(32,33)30-28(24-17-9-3-10-18-24)26(22-13-5-1-6-14-22)21-27(23-15-7-2-8-16-23)29(30)25-19-11-4-12-20-25;25-28(26,27)24-22(19-12-6-2-7-13-19)16-21(18-10-4-1-5-11-18)17-23(24)20-14-8-3-9-15-20;19-22(20,21)18-13-16(14-7-3-1-4-8-14)11-12-17(18)15-9-5-2-6-10-15;1-8(2)10-6-5-7-11(9(3)4)12(10)16(13,14)15/h21-25H,1-20H2,(H,31,32,33);16-20H,1-15H2,(H,25,26,27);11-15H,1-10H2,(H,19,20,21);5-9H,1-4H3,(H,13,14,15). The Bertz CT molecular complexity index is 3620. The molecule has 0 aliphatic heterocycles. The molecular formula is C84H126O12S4. The van der Waals surface area contributed by atoms with Crippen molar-refractivity contribution in [3.8, 4) is 0 Å². The zero-order valence-corrected chi connectivity index (χ0v) is 64.8. The summed E-state index contributed by atoms with van der Waals surface area (Å²) in [5.74, 6) is 3.53. The van der Waals surface area contributed by atoms with Crippen LogP contribution in [0.3, 0.4) is 0 Å². The summed E-state index contributed by atoms with van der Waals surface area (Å²) in [7, 11) is -16.8. The zero-order valence-electron chi connectivity index (χ0n) is 61.6. The van der Waals surface area contributed by atoms with Crippen molar-refractivity contribution in [2.24, 2.45) is 0 Å². The average molecular weight is 1460 g/mol. The minimum atomic E-state index is -4.29. The minimum absolute atomic E-state index is 0.0654. The van der Waals surface area contributed by atoms with Gasteiger partial charge in [0.25, 0.3) is 40.5 Å². The van der Waals surface area contributed by atoms with Crippen LogP contribution in [0.1, 0.15) is 443 Å². The van der Waals surface area contributed by atoms with Crippen molar-refractivity contribution in [2.75, 3.05) is 0 Å². The average Bonchev–Trinajstić information content (AvgIpc) is 0.740. The molecule has 9 saturated carbocycles. The van der Waals surface area contributed by atoms with Gasteiger partial charge in [0.2, 0.25) is 0 Å². The van der Waals surface area contributed by atoms with Crippen LogP contribution in [0.15, 0.2) is 74.2 Å². The van der Waals surface area contributed by atoms with Crippen LogP contribution in [0.5, 0.6) is 0 Å². The highest BCUT2D eigenvalue weighted by molar-refractivity contribution is 7.86. The van der Waals surface area contributed by atoms with Crippen LogP contribution < -0.4 is 0 Å². The van der Waals surface area contributed by atoms with Gasteiger partial charge in [-0.2, -0.15) is 33.7 Å². The molecule has 16 heteroatoms. The van der Waals surface area contributed by atoms with E-state index in [-0.39, 0.29) is 39.4 Å². The second kappa shape index (κ2) is 36.7. The van der Waals surface area contributed by atoms with Gasteiger partial charge in [-0.3, -0.25) is 18.2 Å². The Morgan fingerprint density at radius 1 is 0.260 bits per heavy atom. The molecule has 13 rings (SSSR count). The molecule has 0 aromatic heterocycles. The van der Waals surface area contributed by atoms with E-state index < -0.39 is 40.5 Å². The summed E-state index contributed by atoms with van der Waals surface area (Å²) in [5, 5.41) is 0. The molecule has 9 aliphatic rings. The molecule has 9 fully saturated rings. The number of benzene rings is 4. The van der Waals surface area contributed by atoms with E-state index in [2.05, 4.69) is 24.3 Å². The first kappa shape index (κ1) is 79.1. The molecule has 0 heterocycles. The van der Waals surface area contributed by atoms with Gasteiger partial charge in [-0.15, -0.1) is 0 Å². The molecule has 0 radical (unpaired) electrons. The maximum Gasteiger partial charge on any atom is 0.295 e. The molecule has 4 aromatic carbocycles. The van der Waals surface area contributed by atoms with Crippen LogP contribution in [-0.4, -0.2) is 51.9 Å². The predicted molar refractivity (Wildman–Crippen MR) is 406 cm³/mol. The van der Waals surface area contributed by atoms with Gasteiger partial charge in [0.15, 0.2) is 0 Å². The summed E-state index contributed by atoms with van der Waals surface area (Å²) in [6.45, 7) is 7.64. The molecular weight excluding hydrogens is 1330 g/mol. The fourth-order valence-corrected chi connectivity index (χ4v) is 24.4. The van der Waals surface area contributed by atoms with Crippen LogP contribution >= 0.6 is 0 Å². The van der Waals surface area contributed by atoms with Crippen molar-refractivity contribution in [3.63, 3.8) is 0 Å². The summed E-state index contributed by atoms with van der Waals surface area (Å²) >= 11 is 0. The Balaban J connectivity index is 0.000000149. The highest BCUT2D eigenvalue weighted by atomic mass is 32.2. The van der Waals surface area contributed by atoms with Gasteiger partial charge in [0.05, 0.1) is 4.90 Å². The highest BCUT2D eigenvalue weighted by Crippen LogP contribution is 2.53. The molecule has 558 valence electrons. The van der Waals surface area contributed by atoms with E-state index in [4.69, 9.17) is 0 Å². The first-order chi connectivity index (χ1) is 47.9. The Hall–Kier alpha value is -3.48. The third-order valence-corrected chi connectivity index (χ3v) is 29.2. The van der Waals surface area contributed by atoms with Crippen molar-refractivity contribution < 1.29 is 51.9 Å². The van der Waals surface area contributed by atoms with Gasteiger partial charge >= 0.3 is 0 Å². The third kappa shape index (κ3) is 20.8. The lowest BCUT2D eigenvalue weighted by molar-refractivity contribution is 0.393. The third-order valence-electron chi connectivity index (χ3n) is 25.4. The van der Waals surface area contributed by atoms with E-state index in [9.17, 15) is 51.9 Å². The van der Waals surface area contributed by atoms with Gasteiger partial charge in [-0.25, -0.2) is 0 Å². The predicted octanol–water partition coefficient (Wildman–Crippen LogP) is 24.4. The number of hydrogen-bond acceptors (Lipinski definition) is 8. The molecule has 0 atom stereocenters. The summed E-state index contributed by atoms with van der Waals surface area (Å²) in [6, 6.07) is 18.1. The highest BCUT2D eigenvalue weighted by Gasteiger charge is 2.39. The second-order valence-corrected chi connectivity index (χ2v) is 38.5. The van der Waals surface area contributed by atoms with Crippen LogP contribution in [0.4, 0.5) is 0 Å². The molecule has 0 bridgehead atoms. The zero-order chi connectivity index (χ0) is 71.2. The van der Waals surface area contributed by atoms with Gasteiger partial charge in [0, 0.05) is 0 Å². The van der Waals surface area contributed by atoms with E-state index in [1.807, 2.05) is 39.8 Å². The summed E-state index contributed by atoms with van der Waals surface area (Å²) in [4.78, 5) is 0.961. The fourth-order valence-electron chi connectivity index (χ4n) is 20.2. The monoisotopic (exact) mass is 1450 g/mol. The summed E-state index contributed by atoms with van der Waals surface area (Å²) in [5.41, 5.74) is 11.4. The van der Waals surface area contributed by atoms with E-state index in [0.717, 1.165) is 123 Å². The lowest BCUT2D eigenvalue weighted by Crippen LogP contribution is -2.23. The number of rotatable bonds is 15. The van der Waals surface area contributed by atoms with Crippen molar-refractivity contribution in [3.05, 3.63) is 116 Å². The quantitative estimate of drug-likeness (QED) is 0.0818. The first-order valence-corrected chi connectivity index (χ1v) is 46.2. The van der Waals surface area contributed by atoms with Gasteiger partial charge in [0.1, 0.15) is 14.7 Å². The molecule has 0 saturated heterocycles. The smallest absolute Gasteiger partial charge is 0.282 e. The minimum Gasteiger partial charge on any atom is -0.282 e.